The summed E-state index contributed by atoms with van der Waals surface area (Å²) in [6.45, 7) is 13.6. The maximum Gasteiger partial charge on any atom is 0.305 e. The van der Waals surface area contributed by atoms with Crippen LogP contribution in [-0.2, 0) is 46.7 Å². The van der Waals surface area contributed by atoms with Gasteiger partial charge >= 0.3 is 5.97 Å². The number of nitrogens with zero attached hydrogens (tertiary/aromatic N) is 1. The molecule has 6 heteroatoms. The van der Waals surface area contributed by atoms with Gasteiger partial charge in [-0.25, -0.2) is 0 Å². The minimum absolute atomic E-state index is 0.0158. The Kier molecular flexibility index (Phi) is 13.6. The molecule has 4 aromatic rings. The van der Waals surface area contributed by atoms with Crippen LogP contribution in [0.3, 0.4) is 0 Å². The molecule has 0 atom stereocenters. The van der Waals surface area contributed by atoms with Gasteiger partial charge in [0.2, 0.25) is 0 Å². The van der Waals surface area contributed by atoms with E-state index in [4.69, 9.17) is 9.47 Å². The number of ether oxygens (including phenoxy) is 2. The fourth-order valence-corrected chi connectivity index (χ4v) is 6.40. The summed E-state index contributed by atoms with van der Waals surface area (Å²) in [4.78, 5) is 25.8. The van der Waals surface area contributed by atoms with Gasteiger partial charge in [-0.1, -0.05) is 83.1 Å². The summed E-state index contributed by atoms with van der Waals surface area (Å²) in [6.07, 6.45) is 4.45. The van der Waals surface area contributed by atoms with Crippen molar-refractivity contribution in [3.63, 3.8) is 0 Å². The molecule has 1 aromatic heterocycles. The number of methoxy groups -OCH3 is 1. The van der Waals surface area contributed by atoms with Crippen molar-refractivity contribution in [1.29, 1.82) is 0 Å². The standard InChI is InChI=1S/C42H54N2O4/c1-8-39-38(27-37(44(39)28-47-7)11-10-12-40(45)48-9-2)42(46)35-21-23-36(24-22-35)43-41(33-17-13-31(14-18-33)25-29(3)4)34-19-15-32(16-20-34)26-30(5)6/h13-24,27,29-30,41,43H,8-12,25-26,28H2,1-7H3. The Bertz CT molecular complexity index is 1550. The average molecular weight is 651 g/mol. The van der Waals surface area contributed by atoms with Crippen LogP contribution in [0.4, 0.5) is 5.69 Å². The van der Waals surface area contributed by atoms with Gasteiger partial charge in [0.05, 0.1) is 12.6 Å². The maximum absolute atomic E-state index is 13.9. The molecule has 6 nitrogen and oxygen atoms in total. The molecule has 0 aliphatic carbocycles. The molecular formula is C42H54N2O4. The summed E-state index contributed by atoms with van der Waals surface area (Å²) in [6, 6.07) is 27.6. The third kappa shape index (κ3) is 9.93. The largest absolute Gasteiger partial charge is 0.466 e. The normalized spacial score (nSPS) is 11.5. The van der Waals surface area contributed by atoms with Crippen molar-refractivity contribution in [3.8, 4) is 0 Å². The monoisotopic (exact) mass is 650 g/mol. The van der Waals surface area contributed by atoms with Crippen molar-refractivity contribution in [2.75, 3.05) is 19.0 Å². The summed E-state index contributed by atoms with van der Waals surface area (Å²) < 4.78 is 12.7. The molecule has 0 fully saturated rings. The van der Waals surface area contributed by atoms with E-state index in [1.165, 1.54) is 22.3 Å². The van der Waals surface area contributed by atoms with E-state index >= 15 is 0 Å². The number of hydrogen-bond acceptors (Lipinski definition) is 5. The average Bonchev–Trinajstić information content (AvgIpc) is 3.41. The first-order valence-electron chi connectivity index (χ1n) is 17.6. The number of benzene rings is 3. The van der Waals surface area contributed by atoms with Gasteiger partial charge in [-0.15, -0.1) is 0 Å². The number of rotatable bonds is 18. The van der Waals surface area contributed by atoms with Crippen molar-refractivity contribution in [2.24, 2.45) is 11.8 Å². The molecular weight excluding hydrogens is 596 g/mol. The number of aryl methyl sites for hydroxylation is 1. The first-order valence-corrected chi connectivity index (χ1v) is 17.6. The lowest BCUT2D eigenvalue weighted by molar-refractivity contribution is -0.143. The highest BCUT2D eigenvalue weighted by Gasteiger charge is 2.21. The van der Waals surface area contributed by atoms with E-state index in [-0.39, 0.29) is 17.8 Å². The second kappa shape index (κ2) is 17.8. The SMILES string of the molecule is CCOC(=O)CCCc1cc(C(=O)c2ccc(NC(c3ccc(CC(C)C)cc3)c3ccc(CC(C)C)cc3)cc2)c(CC)n1COC. The van der Waals surface area contributed by atoms with E-state index in [9.17, 15) is 9.59 Å². The molecule has 4 rings (SSSR count). The lowest BCUT2D eigenvalue weighted by Gasteiger charge is -2.22. The highest BCUT2D eigenvalue weighted by molar-refractivity contribution is 6.10. The molecule has 0 bridgehead atoms. The number of esters is 1. The zero-order chi connectivity index (χ0) is 34.6. The van der Waals surface area contributed by atoms with Crippen LogP contribution in [0.15, 0.2) is 78.9 Å². The van der Waals surface area contributed by atoms with E-state index < -0.39 is 0 Å². The molecule has 256 valence electrons. The second-order valence-electron chi connectivity index (χ2n) is 13.5. The van der Waals surface area contributed by atoms with Crippen LogP contribution < -0.4 is 5.32 Å². The molecule has 0 aliphatic rings. The van der Waals surface area contributed by atoms with Crippen LogP contribution in [-0.4, -0.2) is 30.0 Å². The number of nitrogens with one attached hydrogen (secondary N) is 1. The molecule has 3 aromatic carbocycles. The second-order valence-corrected chi connectivity index (χ2v) is 13.5. The molecule has 0 radical (unpaired) electrons. The van der Waals surface area contributed by atoms with E-state index in [0.29, 0.717) is 62.0 Å². The Labute approximate surface area is 287 Å². The first-order chi connectivity index (χ1) is 23.1. The minimum atomic E-state index is -0.198. The van der Waals surface area contributed by atoms with E-state index in [1.54, 1.807) is 7.11 Å². The van der Waals surface area contributed by atoms with Crippen LogP contribution in [0, 0.1) is 11.8 Å². The van der Waals surface area contributed by atoms with Crippen LogP contribution in [0.2, 0.25) is 0 Å². The topological polar surface area (TPSA) is 69.6 Å². The number of ketones is 1. The number of anilines is 1. The molecule has 1 heterocycles. The predicted molar refractivity (Wildman–Crippen MR) is 196 cm³/mol. The third-order valence-electron chi connectivity index (χ3n) is 8.62. The van der Waals surface area contributed by atoms with Gasteiger partial charge < -0.3 is 19.4 Å². The zero-order valence-electron chi connectivity index (χ0n) is 30.0. The van der Waals surface area contributed by atoms with Crippen molar-refractivity contribution < 1.29 is 19.1 Å². The van der Waals surface area contributed by atoms with Crippen molar-refractivity contribution in [3.05, 3.63) is 124 Å². The Hall–Kier alpha value is -4.16. The summed E-state index contributed by atoms with van der Waals surface area (Å²) in [5.74, 6) is 0.998. The summed E-state index contributed by atoms with van der Waals surface area (Å²) in [7, 11) is 1.66. The summed E-state index contributed by atoms with van der Waals surface area (Å²) in [5, 5.41) is 3.76. The molecule has 0 spiro atoms. The Morgan fingerprint density at radius 1 is 0.792 bits per heavy atom. The lowest BCUT2D eigenvalue weighted by atomic mass is 9.93. The van der Waals surface area contributed by atoms with Crippen LogP contribution in [0.1, 0.15) is 110 Å². The molecule has 0 saturated carbocycles. The van der Waals surface area contributed by atoms with Crippen LogP contribution >= 0.6 is 0 Å². The van der Waals surface area contributed by atoms with E-state index in [0.717, 1.165) is 29.9 Å². The van der Waals surface area contributed by atoms with Gasteiger partial charge in [0.15, 0.2) is 5.78 Å². The van der Waals surface area contributed by atoms with E-state index in [2.05, 4.69) is 93.0 Å². The number of aromatic nitrogens is 1. The molecule has 0 saturated heterocycles. The fraction of sp³-hybridized carbons (Fsp3) is 0.429. The van der Waals surface area contributed by atoms with Crippen LogP contribution in [0.25, 0.3) is 0 Å². The first kappa shape index (κ1) is 36.7. The number of carbonyl (C=O) groups excluding carboxylic acids is 2. The molecule has 48 heavy (non-hydrogen) atoms. The van der Waals surface area contributed by atoms with Gasteiger partial charge in [0.1, 0.15) is 6.73 Å². The Morgan fingerprint density at radius 3 is 1.83 bits per heavy atom. The lowest BCUT2D eigenvalue weighted by Crippen LogP contribution is -2.13. The Morgan fingerprint density at radius 2 is 1.35 bits per heavy atom. The highest BCUT2D eigenvalue weighted by atomic mass is 16.5. The predicted octanol–water partition coefficient (Wildman–Crippen LogP) is 9.37. The minimum Gasteiger partial charge on any atom is -0.466 e. The molecule has 0 amide bonds. The third-order valence-corrected chi connectivity index (χ3v) is 8.62. The van der Waals surface area contributed by atoms with Crippen LogP contribution in [0.5, 0.6) is 0 Å². The van der Waals surface area contributed by atoms with Gasteiger partial charge in [-0.2, -0.15) is 0 Å². The van der Waals surface area contributed by atoms with Gasteiger partial charge in [0.25, 0.3) is 0 Å². The zero-order valence-corrected chi connectivity index (χ0v) is 30.0. The van der Waals surface area contributed by atoms with Gasteiger partial charge in [-0.3, -0.25) is 9.59 Å². The molecule has 1 N–H and O–H groups in total. The smallest absolute Gasteiger partial charge is 0.305 e. The van der Waals surface area contributed by atoms with Gasteiger partial charge in [0, 0.05) is 41.7 Å². The quantitative estimate of drug-likeness (QED) is 0.0859. The summed E-state index contributed by atoms with van der Waals surface area (Å²) in [5.41, 5.74) is 9.27. The molecule has 0 aliphatic heterocycles. The molecule has 0 unspecified atom stereocenters. The fourth-order valence-electron chi connectivity index (χ4n) is 6.40. The highest BCUT2D eigenvalue weighted by Crippen LogP contribution is 2.29. The number of carbonyl (C=O) groups is 2. The van der Waals surface area contributed by atoms with Crippen molar-refractivity contribution in [1.82, 2.24) is 4.57 Å². The Balaban J connectivity index is 1.58. The summed E-state index contributed by atoms with van der Waals surface area (Å²) >= 11 is 0. The maximum atomic E-state index is 13.9. The van der Waals surface area contributed by atoms with Crippen molar-refractivity contribution in [2.45, 2.75) is 92.8 Å². The van der Waals surface area contributed by atoms with Crippen molar-refractivity contribution >= 4 is 17.4 Å². The number of hydrogen-bond donors (Lipinski definition) is 1. The van der Waals surface area contributed by atoms with E-state index in [1.807, 2.05) is 37.3 Å². The van der Waals surface area contributed by atoms with Gasteiger partial charge in [-0.05, 0) is 103 Å².